The number of halogens is 1. The highest BCUT2D eigenvalue weighted by Gasteiger charge is 2.43. The molecule has 182 valence electrons. The van der Waals surface area contributed by atoms with Crippen molar-refractivity contribution in [2.45, 2.75) is 42.5 Å². The number of carbonyl (C=O) groups is 1. The first-order valence-electron chi connectivity index (χ1n) is 11.7. The lowest BCUT2D eigenvalue weighted by molar-refractivity contribution is -0.113. The van der Waals surface area contributed by atoms with Crippen molar-refractivity contribution >= 4 is 34.5 Å². The molecule has 3 aliphatic heterocycles. The van der Waals surface area contributed by atoms with Crippen molar-refractivity contribution in [2.24, 2.45) is 0 Å². The first-order valence-corrected chi connectivity index (χ1v) is 12.7. The third-order valence-electron chi connectivity index (χ3n) is 7.02. The van der Waals surface area contributed by atoms with Gasteiger partial charge in [-0.15, -0.1) is 11.8 Å². The number of fused-ring (bicyclic) bond motifs is 1. The number of anilines is 1. The number of β-amino-alcohol motifs (C(OH)–C–C–N with tert-alkyl or cyclic N) is 1. The molecule has 0 saturated carbocycles. The lowest BCUT2D eigenvalue weighted by Crippen LogP contribution is -2.48. The van der Waals surface area contributed by atoms with E-state index >= 15 is 0 Å². The summed E-state index contributed by atoms with van der Waals surface area (Å²) < 4.78 is 16.2. The van der Waals surface area contributed by atoms with Crippen LogP contribution in [0.1, 0.15) is 24.1 Å². The SMILES string of the molecule is O=C1CSc2ccc(CNC3CCN(C[C@@]4(O)Cn5c(=O)ccc6ncc(F)c4c65)CC3)nc2N1. The summed E-state index contributed by atoms with van der Waals surface area (Å²) >= 11 is 1.49. The quantitative estimate of drug-likeness (QED) is 0.487. The molecule has 3 aliphatic rings. The third-order valence-corrected chi connectivity index (χ3v) is 8.06. The monoisotopic (exact) mass is 496 g/mol. The summed E-state index contributed by atoms with van der Waals surface area (Å²) in [7, 11) is 0. The van der Waals surface area contributed by atoms with Gasteiger partial charge in [-0.2, -0.15) is 0 Å². The molecule has 0 spiro atoms. The molecule has 1 saturated heterocycles. The van der Waals surface area contributed by atoms with Crippen molar-refractivity contribution in [3.8, 4) is 0 Å². The number of rotatable bonds is 5. The van der Waals surface area contributed by atoms with E-state index in [0.29, 0.717) is 29.1 Å². The van der Waals surface area contributed by atoms with Gasteiger partial charge < -0.3 is 20.3 Å². The molecule has 11 heteroatoms. The maximum absolute atomic E-state index is 14.8. The van der Waals surface area contributed by atoms with Crippen molar-refractivity contribution in [1.29, 1.82) is 0 Å². The largest absolute Gasteiger partial charge is 0.382 e. The van der Waals surface area contributed by atoms with E-state index in [1.165, 1.54) is 22.4 Å². The molecular weight excluding hydrogens is 471 g/mol. The lowest BCUT2D eigenvalue weighted by Gasteiger charge is -2.37. The van der Waals surface area contributed by atoms with Crippen LogP contribution in [0.4, 0.5) is 10.2 Å². The highest BCUT2D eigenvalue weighted by molar-refractivity contribution is 8.00. The van der Waals surface area contributed by atoms with Gasteiger partial charge in [-0.3, -0.25) is 19.5 Å². The number of thioether (sulfide) groups is 1. The molecule has 6 heterocycles. The van der Waals surface area contributed by atoms with Crippen molar-refractivity contribution in [3.05, 3.63) is 57.9 Å². The Balaban J connectivity index is 1.09. The number of amides is 1. The van der Waals surface area contributed by atoms with Gasteiger partial charge in [0.25, 0.3) is 5.56 Å². The second kappa shape index (κ2) is 8.66. The Bertz CT molecular complexity index is 1390. The molecule has 0 radical (unpaired) electrons. The second-order valence-corrected chi connectivity index (χ2v) is 10.4. The first kappa shape index (κ1) is 22.6. The molecule has 9 nitrogen and oxygen atoms in total. The topological polar surface area (TPSA) is 112 Å². The minimum Gasteiger partial charge on any atom is -0.382 e. The van der Waals surface area contributed by atoms with Crippen LogP contribution in [0.15, 0.2) is 40.2 Å². The van der Waals surface area contributed by atoms with Crippen molar-refractivity contribution < 1.29 is 14.3 Å². The predicted molar refractivity (Wildman–Crippen MR) is 130 cm³/mol. The minimum atomic E-state index is -1.48. The lowest BCUT2D eigenvalue weighted by atomic mass is 9.93. The number of hydrogen-bond donors (Lipinski definition) is 3. The number of aromatic nitrogens is 3. The van der Waals surface area contributed by atoms with Crippen LogP contribution < -0.4 is 16.2 Å². The number of nitrogens with zero attached hydrogens (tertiary/aromatic N) is 4. The van der Waals surface area contributed by atoms with E-state index in [1.54, 1.807) is 6.07 Å². The normalized spacial score (nSPS) is 22.4. The van der Waals surface area contributed by atoms with Crippen LogP contribution in [-0.2, 0) is 23.5 Å². The standard InChI is InChI=1S/C24H25FN6O3S/c25-16-10-27-17-2-4-20(33)31-13-24(34,21(16)22(17)31)12-30-7-5-14(6-8-30)26-9-15-1-3-18-23(28-15)29-19(32)11-35-18/h1-4,10,14,26,34H,5-9,11-13H2,(H,28,29,32)/t24-/m1/s1. The highest BCUT2D eigenvalue weighted by atomic mass is 32.2. The Hall–Kier alpha value is -2.86. The van der Waals surface area contributed by atoms with E-state index in [1.807, 2.05) is 12.1 Å². The number of aliphatic hydroxyl groups is 1. The zero-order chi connectivity index (χ0) is 24.2. The molecule has 3 aromatic rings. The number of piperidine rings is 1. The summed E-state index contributed by atoms with van der Waals surface area (Å²) in [6.45, 7) is 2.36. The summed E-state index contributed by atoms with van der Waals surface area (Å²) in [5, 5.41) is 17.9. The van der Waals surface area contributed by atoms with Crippen LogP contribution in [0.2, 0.25) is 0 Å². The van der Waals surface area contributed by atoms with Gasteiger partial charge >= 0.3 is 0 Å². The van der Waals surface area contributed by atoms with Gasteiger partial charge in [-0.05, 0) is 44.1 Å². The Kier molecular flexibility index (Phi) is 5.59. The average Bonchev–Trinajstić information content (AvgIpc) is 3.17. The number of pyridine rings is 3. The number of carbonyl (C=O) groups excluding carboxylic acids is 1. The molecule has 35 heavy (non-hydrogen) atoms. The molecule has 0 bridgehead atoms. The van der Waals surface area contributed by atoms with E-state index in [-0.39, 0.29) is 36.2 Å². The molecule has 0 aromatic carbocycles. The highest BCUT2D eigenvalue weighted by Crippen LogP contribution is 2.38. The average molecular weight is 497 g/mol. The van der Waals surface area contributed by atoms with Gasteiger partial charge in [-0.25, -0.2) is 9.37 Å². The zero-order valence-electron chi connectivity index (χ0n) is 19.0. The van der Waals surface area contributed by atoms with Crippen molar-refractivity contribution in [3.63, 3.8) is 0 Å². The molecule has 3 aromatic heterocycles. The van der Waals surface area contributed by atoms with Crippen molar-refractivity contribution in [2.75, 3.05) is 30.7 Å². The summed E-state index contributed by atoms with van der Waals surface area (Å²) in [5.41, 5.74) is 0.199. The van der Waals surface area contributed by atoms with Crippen LogP contribution in [0.3, 0.4) is 0 Å². The van der Waals surface area contributed by atoms with E-state index in [0.717, 1.165) is 42.7 Å². The molecule has 1 atom stereocenters. The van der Waals surface area contributed by atoms with Crippen LogP contribution in [0, 0.1) is 5.82 Å². The molecule has 6 rings (SSSR count). The maximum atomic E-state index is 14.8. The Labute approximate surface area is 204 Å². The van der Waals surface area contributed by atoms with E-state index in [4.69, 9.17) is 0 Å². The smallest absolute Gasteiger partial charge is 0.251 e. The van der Waals surface area contributed by atoms with Gasteiger partial charge in [0.2, 0.25) is 5.91 Å². The molecule has 0 unspecified atom stereocenters. The number of nitrogens with one attached hydrogen (secondary N) is 2. The van der Waals surface area contributed by atoms with E-state index < -0.39 is 11.4 Å². The Morgan fingerprint density at radius 2 is 2.06 bits per heavy atom. The fourth-order valence-electron chi connectivity index (χ4n) is 5.32. The number of likely N-dealkylation sites (tertiary alicyclic amines) is 1. The van der Waals surface area contributed by atoms with Gasteiger partial charge in [-0.1, -0.05) is 0 Å². The first-order chi connectivity index (χ1) is 16.9. The Morgan fingerprint density at radius 3 is 2.89 bits per heavy atom. The third kappa shape index (κ3) is 4.12. The van der Waals surface area contributed by atoms with E-state index in [9.17, 15) is 19.1 Å². The predicted octanol–water partition coefficient (Wildman–Crippen LogP) is 1.43. The second-order valence-electron chi connectivity index (χ2n) is 9.42. The summed E-state index contributed by atoms with van der Waals surface area (Å²) in [4.78, 5) is 35.8. The maximum Gasteiger partial charge on any atom is 0.251 e. The van der Waals surface area contributed by atoms with Crippen LogP contribution in [0.5, 0.6) is 0 Å². The summed E-state index contributed by atoms with van der Waals surface area (Å²) in [5.74, 6) is 0.432. The summed E-state index contributed by atoms with van der Waals surface area (Å²) in [6, 6.07) is 7.24. The van der Waals surface area contributed by atoms with Crippen LogP contribution in [0.25, 0.3) is 11.0 Å². The minimum absolute atomic E-state index is 0.0259. The van der Waals surface area contributed by atoms with E-state index in [2.05, 4.69) is 25.5 Å². The van der Waals surface area contributed by atoms with Crippen LogP contribution >= 0.6 is 11.8 Å². The van der Waals surface area contributed by atoms with Gasteiger partial charge in [0.15, 0.2) is 0 Å². The van der Waals surface area contributed by atoms with Crippen molar-refractivity contribution in [1.82, 2.24) is 24.8 Å². The molecule has 3 N–H and O–H groups in total. The molecule has 1 amide bonds. The van der Waals surface area contributed by atoms with Gasteiger partial charge in [0.1, 0.15) is 17.2 Å². The Morgan fingerprint density at radius 1 is 1.23 bits per heavy atom. The molecular formula is C24H25FN6O3S. The molecule has 1 fully saturated rings. The fourth-order valence-corrected chi connectivity index (χ4v) is 6.08. The summed E-state index contributed by atoms with van der Waals surface area (Å²) in [6.07, 6.45) is 2.86. The fraction of sp³-hybridized carbons (Fsp3) is 0.417. The van der Waals surface area contributed by atoms with Crippen LogP contribution in [-0.4, -0.2) is 61.9 Å². The van der Waals surface area contributed by atoms with Gasteiger partial charge in [0.05, 0.1) is 45.7 Å². The molecule has 0 aliphatic carbocycles. The number of hydrogen-bond acceptors (Lipinski definition) is 8. The zero-order valence-corrected chi connectivity index (χ0v) is 19.8. The van der Waals surface area contributed by atoms with Gasteiger partial charge in [0, 0.05) is 25.2 Å².